The molecule has 1 aliphatic carbocycles. The molecule has 222 valence electrons. The first-order valence-corrected chi connectivity index (χ1v) is 14.7. The maximum absolute atomic E-state index is 12.6. The number of carbonyl (C=O) groups is 2. The molecular formula is C33H44N2O6. The first-order valence-electron chi connectivity index (χ1n) is 14.7. The molecule has 1 saturated carbocycles. The standard InChI is InChI=1S/C33H44N2O6/c1-21(39-22(2)37)30(38)34-26-8-6-7-25(13-26)31-40-28(14-29(41-31)24-11-9-23(18-36)10-12-24)17-35-20-33(5)16-27(35)15-32(3,4)19-33/h6-13,21,27-29,31,36H,14-20H2,1-5H3,(H,34,38)/t21-,27?,28+,29-,31-,33?/m0/s1. The fourth-order valence-corrected chi connectivity index (χ4v) is 7.39. The van der Waals surface area contributed by atoms with Gasteiger partial charge in [0.05, 0.1) is 18.8 Å². The zero-order valence-corrected chi connectivity index (χ0v) is 24.9. The zero-order chi connectivity index (χ0) is 29.4. The van der Waals surface area contributed by atoms with Crippen LogP contribution in [0.3, 0.4) is 0 Å². The Morgan fingerprint density at radius 2 is 1.85 bits per heavy atom. The number of ether oxygens (including phenoxy) is 3. The average Bonchev–Trinajstić information content (AvgIpc) is 3.15. The predicted molar refractivity (Wildman–Crippen MR) is 156 cm³/mol. The van der Waals surface area contributed by atoms with E-state index in [0.29, 0.717) is 22.6 Å². The number of fused-ring (bicyclic) bond motifs is 2. The number of carbonyl (C=O) groups excluding carboxylic acids is 2. The summed E-state index contributed by atoms with van der Waals surface area (Å²) in [5.41, 5.74) is 3.98. The molecule has 2 unspecified atom stereocenters. The molecule has 0 radical (unpaired) electrons. The van der Waals surface area contributed by atoms with E-state index in [1.807, 2.05) is 42.5 Å². The van der Waals surface area contributed by atoms with Gasteiger partial charge in [-0.3, -0.25) is 14.5 Å². The highest BCUT2D eigenvalue weighted by atomic mass is 16.7. The molecule has 2 aromatic rings. The summed E-state index contributed by atoms with van der Waals surface area (Å²) in [5, 5.41) is 12.3. The number of hydrogen-bond acceptors (Lipinski definition) is 7. The van der Waals surface area contributed by atoms with Crippen LogP contribution in [0, 0.1) is 10.8 Å². The van der Waals surface area contributed by atoms with Gasteiger partial charge < -0.3 is 24.6 Å². The van der Waals surface area contributed by atoms with Crippen LogP contribution in [0.4, 0.5) is 5.69 Å². The highest BCUT2D eigenvalue weighted by Gasteiger charge is 2.50. The molecule has 2 bridgehead atoms. The Hall–Kier alpha value is -2.78. The van der Waals surface area contributed by atoms with E-state index in [4.69, 9.17) is 14.2 Å². The van der Waals surface area contributed by atoms with Crippen LogP contribution in [-0.2, 0) is 30.4 Å². The van der Waals surface area contributed by atoms with E-state index in [1.165, 1.54) is 26.2 Å². The molecule has 1 amide bonds. The van der Waals surface area contributed by atoms with Gasteiger partial charge in [-0.2, -0.15) is 0 Å². The molecule has 3 fully saturated rings. The summed E-state index contributed by atoms with van der Waals surface area (Å²) in [5.74, 6) is -0.909. The van der Waals surface area contributed by atoms with E-state index < -0.39 is 24.3 Å². The molecule has 2 heterocycles. The van der Waals surface area contributed by atoms with Crippen molar-refractivity contribution in [2.24, 2.45) is 10.8 Å². The normalized spacial score (nSPS) is 30.0. The molecule has 41 heavy (non-hydrogen) atoms. The second-order valence-corrected chi connectivity index (χ2v) is 13.4. The molecule has 2 saturated heterocycles. The van der Waals surface area contributed by atoms with Gasteiger partial charge >= 0.3 is 5.97 Å². The van der Waals surface area contributed by atoms with Crippen LogP contribution in [0.25, 0.3) is 0 Å². The van der Waals surface area contributed by atoms with Crippen molar-refractivity contribution in [3.8, 4) is 0 Å². The zero-order valence-electron chi connectivity index (χ0n) is 24.9. The molecule has 5 rings (SSSR count). The van der Waals surface area contributed by atoms with Crippen molar-refractivity contribution >= 4 is 17.6 Å². The number of aliphatic hydroxyl groups is 1. The van der Waals surface area contributed by atoms with Crippen molar-refractivity contribution in [2.75, 3.05) is 18.4 Å². The third-order valence-corrected chi connectivity index (χ3v) is 8.71. The summed E-state index contributed by atoms with van der Waals surface area (Å²) < 4.78 is 18.2. The van der Waals surface area contributed by atoms with E-state index in [-0.39, 0.29) is 18.8 Å². The monoisotopic (exact) mass is 564 g/mol. The van der Waals surface area contributed by atoms with E-state index in [9.17, 15) is 14.7 Å². The fourth-order valence-electron chi connectivity index (χ4n) is 7.39. The van der Waals surface area contributed by atoms with E-state index in [1.54, 1.807) is 13.0 Å². The van der Waals surface area contributed by atoms with Gasteiger partial charge in [-0.05, 0) is 60.3 Å². The second kappa shape index (κ2) is 11.8. The van der Waals surface area contributed by atoms with Crippen molar-refractivity contribution < 1.29 is 28.9 Å². The van der Waals surface area contributed by atoms with Crippen molar-refractivity contribution in [3.05, 3.63) is 65.2 Å². The Morgan fingerprint density at radius 3 is 2.56 bits per heavy atom. The lowest BCUT2D eigenvalue weighted by molar-refractivity contribution is -0.253. The first-order chi connectivity index (χ1) is 19.4. The van der Waals surface area contributed by atoms with Crippen LogP contribution in [0.15, 0.2) is 48.5 Å². The molecule has 6 atom stereocenters. The summed E-state index contributed by atoms with van der Waals surface area (Å²) >= 11 is 0. The number of likely N-dealkylation sites (tertiary alicyclic amines) is 1. The number of hydrogen-bond donors (Lipinski definition) is 2. The number of amides is 1. The second-order valence-electron chi connectivity index (χ2n) is 13.4. The molecular weight excluding hydrogens is 520 g/mol. The van der Waals surface area contributed by atoms with Crippen molar-refractivity contribution in [2.45, 2.75) is 97.6 Å². The van der Waals surface area contributed by atoms with Gasteiger partial charge in [-0.1, -0.05) is 57.2 Å². The van der Waals surface area contributed by atoms with Crippen molar-refractivity contribution in [1.29, 1.82) is 0 Å². The average molecular weight is 565 g/mol. The SMILES string of the molecule is CC(=O)O[C@@H](C)C(=O)Nc1cccc([C@H]2O[C@@H](CN3CC4(C)CC3CC(C)(C)C4)C[C@@H](c3ccc(CO)cc3)O2)c1. The van der Waals surface area contributed by atoms with Crippen LogP contribution in [0.2, 0.25) is 0 Å². The quantitative estimate of drug-likeness (QED) is 0.408. The minimum Gasteiger partial charge on any atom is -0.453 e. The number of nitrogens with one attached hydrogen (secondary N) is 1. The predicted octanol–water partition coefficient (Wildman–Crippen LogP) is 5.52. The van der Waals surface area contributed by atoms with Crippen LogP contribution in [0.5, 0.6) is 0 Å². The minimum atomic E-state index is -0.902. The number of benzene rings is 2. The Morgan fingerprint density at radius 1 is 1.10 bits per heavy atom. The van der Waals surface area contributed by atoms with Gasteiger partial charge in [0.2, 0.25) is 0 Å². The topological polar surface area (TPSA) is 97.3 Å². The first kappa shape index (κ1) is 29.7. The highest BCUT2D eigenvalue weighted by Crippen LogP contribution is 2.53. The lowest BCUT2D eigenvalue weighted by Crippen LogP contribution is -2.42. The molecule has 8 nitrogen and oxygen atoms in total. The lowest BCUT2D eigenvalue weighted by atomic mass is 9.65. The van der Waals surface area contributed by atoms with Crippen LogP contribution >= 0.6 is 0 Å². The largest absolute Gasteiger partial charge is 0.453 e. The maximum Gasteiger partial charge on any atom is 0.303 e. The fraction of sp³-hybridized carbons (Fsp3) is 0.576. The van der Waals surface area contributed by atoms with Gasteiger partial charge in [-0.25, -0.2) is 0 Å². The Balaban J connectivity index is 1.35. The summed E-state index contributed by atoms with van der Waals surface area (Å²) in [7, 11) is 0. The molecule has 8 heteroatoms. The Kier molecular flexibility index (Phi) is 8.58. The van der Waals surface area contributed by atoms with Crippen LogP contribution in [0.1, 0.15) is 89.4 Å². The van der Waals surface area contributed by atoms with Gasteiger partial charge in [0, 0.05) is 43.7 Å². The highest BCUT2D eigenvalue weighted by molar-refractivity contribution is 5.95. The van der Waals surface area contributed by atoms with Gasteiger partial charge in [-0.15, -0.1) is 0 Å². The summed E-state index contributed by atoms with van der Waals surface area (Å²) in [4.78, 5) is 26.5. The molecule has 3 aliphatic rings. The van der Waals surface area contributed by atoms with Crippen LogP contribution < -0.4 is 5.32 Å². The number of aliphatic hydroxyl groups excluding tert-OH is 1. The van der Waals surface area contributed by atoms with Gasteiger partial charge in [0.25, 0.3) is 5.91 Å². The summed E-state index contributed by atoms with van der Waals surface area (Å²) in [6.07, 6.45) is 2.69. The summed E-state index contributed by atoms with van der Waals surface area (Å²) in [6, 6.07) is 15.9. The Labute approximate surface area is 243 Å². The van der Waals surface area contributed by atoms with E-state index in [2.05, 4.69) is 31.0 Å². The van der Waals surface area contributed by atoms with E-state index in [0.717, 1.165) is 36.2 Å². The maximum atomic E-state index is 12.6. The third kappa shape index (κ3) is 7.17. The Bertz CT molecular complexity index is 1250. The number of anilines is 1. The number of rotatable bonds is 8. The summed E-state index contributed by atoms with van der Waals surface area (Å²) in [6.45, 7) is 12.0. The van der Waals surface area contributed by atoms with Gasteiger partial charge in [0.15, 0.2) is 12.4 Å². The molecule has 2 N–H and O–H groups in total. The molecule has 2 aliphatic heterocycles. The smallest absolute Gasteiger partial charge is 0.303 e. The minimum absolute atomic E-state index is 0.000214. The van der Waals surface area contributed by atoms with Crippen LogP contribution in [-0.4, -0.2) is 53.2 Å². The molecule has 0 spiro atoms. The van der Waals surface area contributed by atoms with Crippen molar-refractivity contribution in [1.82, 2.24) is 4.90 Å². The molecule has 2 aromatic carbocycles. The van der Waals surface area contributed by atoms with Gasteiger partial charge in [0.1, 0.15) is 0 Å². The van der Waals surface area contributed by atoms with E-state index >= 15 is 0 Å². The number of esters is 1. The van der Waals surface area contributed by atoms with Crippen molar-refractivity contribution in [3.63, 3.8) is 0 Å². The third-order valence-electron chi connectivity index (χ3n) is 8.71. The molecule has 0 aromatic heterocycles. The lowest BCUT2D eigenvalue weighted by Gasteiger charge is -2.41. The number of nitrogens with zero attached hydrogens (tertiary/aromatic N) is 1.